The lowest BCUT2D eigenvalue weighted by Gasteiger charge is -2.19. The van der Waals surface area contributed by atoms with E-state index >= 15 is 0 Å². The lowest BCUT2D eigenvalue weighted by Crippen LogP contribution is -2.24. The number of aromatic nitrogens is 2. The second-order valence-corrected chi connectivity index (χ2v) is 5.16. The Balaban J connectivity index is 2.35. The van der Waals surface area contributed by atoms with E-state index in [1.54, 1.807) is 0 Å². The van der Waals surface area contributed by atoms with Gasteiger partial charge in [0, 0.05) is 24.3 Å². The average molecular weight is 345 g/mol. The van der Waals surface area contributed by atoms with Gasteiger partial charge in [0.05, 0.1) is 11.3 Å². The Kier molecular flexibility index (Phi) is 5.30. The summed E-state index contributed by atoms with van der Waals surface area (Å²) in [5.41, 5.74) is -0.945. The van der Waals surface area contributed by atoms with Crippen molar-refractivity contribution >= 4 is 29.1 Å². The van der Waals surface area contributed by atoms with E-state index in [-0.39, 0.29) is 16.5 Å². The van der Waals surface area contributed by atoms with E-state index in [2.05, 4.69) is 15.3 Å². The Morgan fingerprint density at radius 3 is 2.48 bits per heavy atom. The van der Waals surface area contributed by atoms with Crippen LogP contribution in [0.15, 0.2) is 30.5 Å². The Hall–Kier alpha value is -2.02. The van der Waals surface area contributed by atoms with Crippen molar-refractivity contribution in [3.63, 3.8) is 0 Å². The number of halogens is 4. The van der Waals surface area contributed by atoms with E-state index in [1.807, 2.05) is 18.7 Å². The molecule has 0 saturated heterocycles. The van der Waals surface area contributed by atoms with Crippen LogP contribution in [-0.2, 0) is 6.18 Å². The predicted molar refractivity (Wildman–Crippen MR) is 85.3 cm³/mol. The maximum atomic E-state index is 13.1. The summed E-state index contributed by atoms with van der Waals surface area (Å²) in [4.78, 5) is 10.3. The van der Waals surface area contributed by atoms with Crippen LogP contribution >= 0.6 is 11.6 Å². The molecule has 1 aromatic heterocycles. The van der Waals surface area contributed by atoms with Crippen molar-refractivity contribution < 1.29 is 13.2 Å². The first-order valence-electron chi connectivity index (χ1n) is 7.07. The standard InChI is InChI=1S/C15H16ClF3N4/c1-3-23(4-2)14-20-8-7-13(22-14)21-12-6-5-10(16)9-11(12)15(17,18)19/h5-9H,3-4H2,1-2H3,(H,20,21,22). The SMILES string of the molecule is CCN(CC)c1nccc(Nc2ccc(Cl)cc2C(F)(F)F)n1. The van der Waals surface area contributed by atoms with Gasteiger partial charge in [0.15, 0.2) is 0 Å². The van der Waals surface area contributed by atoms with Crippen molar-refractivity contribution in [2.24, 2.45) is 0 Å². The molecular weight excluding hydrogens is 329 g/mol. The quantitative estimate of drug-likeness (QED) is 0.850. The number of anilines is 3. The summed E-state index contributed by atoms with van der Waals surface area (Å²) in [6.07, 6.45) is -3.01. The molecule has 0 atom stereocenters. The molecule has 2 aromatic rings. The van der Waals surface area contributed by atoms with Crippen molar-refractivity contribution in [1.29, 1.82) is 0 Å². The summed E-state index contributed by atoms with van der Waals surface area (Å²) >= 11 is 5.67. The van der Waals surface area contributed by atoms with Gasteiger partial charge in [-0.15, -0.1) is 0 Å². The number of nitrogens with zero attached hydrogens (tertiary/aromatic N) is 3. The molecule has 8 heteroatoms. The molecule has 0 radical (unpaired) electrons. The van der Waals surface area contributed by atoms with E-state index in [9.17, 15) is 13.2 Å². The number of alkyl halides is 3. The van der Waals surface area contributed by atoms with Gasteiger partial charge < -0.3 is 10.2 Å². The summed E-state index contributed by atoms with van der Waals surface area (Å²) in [6, 6.07) is 5.08. The van der Waals surface area contributed by atoms with Crippen LogP contribution in [0.25, 0.3) is 0 Å². The van der Waals surface area contributed by atoms with E-state index in [0.29, 0.717) is 19.0 Å². The molecule has 0 aliphatic heterocycles. The Morgan fingerprint density at radius 2 is 1.87 bits per heavy atom. The zero-order valence-electron chi connectivity index (χ0n) is 12.7. The summed E-state index contributed by atoms with van der Waals surface area (Å²) in [6.45, 7) is 5.31. The fourth-order valence-corrected chi connectivity index (χ4v) is 2.25. The van der Waals surface area contributed by atoms with Crippen molar-refractivity contribution in [2.45, 2.75) is 20.0 Å². The highest BCUT2D eigenvalue weighted by molar-refractivity contribution is 6.30. The smallest absolute Gasteiger partial charge is 0.341 e. The molecule has 0 spiro atoms. The molecular formula is C15H16ClF3N4. The van der Waals surface area contributed by atoms with E-state index in [1.165, 1.54) is 24.4 Å². The maximum absolute atomic E-state index is 13.1. The predicted octanol–water partition coefficient (Wildman–Crippen LogP) is 4.74. The van der Waals surface area contributed by atoms with Crippen LogP contribution in [0.3, 0.4) is 0 Å². The molecule has 4 nitrogen and oxygen atoms in total. The Labute approximate surface area is 137 Å². The summed E-state index contributed by atoms with van der Waals surface area (Å²) in [7, 11) is 0. The molecule has 1 N–H and O–H groups in total. The Bertz CT molecular complexity index is 672. The fourth-order valence-electron chi connectivity index (χ4n) is 2.07. The van der Waals surface area contributed by atoms with E-state index < -0.39 is 11.7 Å². The van der Waals surface area contributed by atoms with Crippen LogP contribution in [-0.4, -0.2) is 23.1 Å². The zero-order chi connectivity index (χ0) is 17.0. The van der Waals surface area contributed by atoms with Crippen molar-refractivity contribution in [2.75, 3.05) is 23.3 Å². The first-order valence-corrected chi connectivity index (χ1v) is 7.44. The molecule has 124 valence electrons. The highest BCUT2D eigenvalue weighted by Crippen LogP contribution is 2.37. The number of benzene rings is 1. The second kappa shape index (κ2) is 7.04. The number of hydrogen-bond acceptors (Lipinski definition) is 4. The number of rotatable bonds is 5. The molecule has 0 fully saturated rings. The minimum absolute atomic E-state index is 0.0226. The summed E-state index contributed by atoms with van der Waals surface area (Å²) in [5, 5.41) is 2.72. The van der Waals surface area contributed by atoms with Crippen LogP contribution in [0.1, 0.15) is 19.4 Å². The van der Waals surface area contributed by atoms with Crippen LogP contribution in [0, 0.1) is 0 Å². The minimum Gasteiger partial charge on any atom is -0.341 e. The molecule has 1 aromatic carbocycles. The lowest BCUT2D eigenvalue weighted by atomic mass is 10.1. The van der Waals surface area contributed by atoms with Gasteiger partial charge in [-0.05, 0) is 38.1 Å². The van der Waals surface area contributed by atoms with Crippen molar-refractivity contribution in [3.05, 3.63) is 41.0 Å². The minimum atomic E-state index is -4.51. The molecule has 0 saturated carbocycles. The molecule has 23 heavy (non-hydrogen) atoms. The molecule has 0 unspecified atom stereocenters. The topological polar surface area (TPSA) is 41.1 Å². The Morgan fingerprint density at radius 1 is 1.17 bits per heavy atom. The van der Waals surface area contributed by atoms with Crippen LogP contribution < -0.4 is 10.2 Å². The van der Waals surface area contributed by atoms with Gasteiger partial charge in [0.2, 0.25) is 5.95 Å². The van der Waals surface area contributed by atoms with Gasteiger partial charge in [-0.2, -0.15) is 18.2 Å². The van der Waals surface area contributed by atoms with Gasteiger partial charge in [-0.1, -0.05) is 11.6 Å². The third kappa shape index (κ3) is 4.25. The molecule has 0 amide bonds. The number of hydrogen-bond donors (Lipinski definition) is 1. The number of nitrogens with one attached hydrogen (secondary N) is 1. The van der Waals surface area contributed by atoms with Gasteiger partial charge in [0.25, 0.3) is 0 Å². The van der Waals surface area contributed by atoms with Crippen molar-refractivity contribution in [3.8, 4) is 0 Å². The third-order valence-electron chi connectivity index (χ3n) is 3.24. The summed E-state index contributed by atoms with van der Waals surface area (Å²) < 4.78 is 39.3. The van der Waals surface area contributed by atoms with Gasteiger partial charge >= 0.3 is 6.18 Å². The normalized spacial score (nSPS) is 11.4. The second-order valence-electron chi connectivity index (χ2n) is 4.73. The molecule has 0 aliphatic carbocycles. The zero-order valence-corrected chi connectivity index (χ0v) is 13.4. The molecule has 0 bridgehead atoms. The van der Waals surface area contributed by atoms with Gasteiger partial charge in [-0.25, -0.2) is 4.98 Å². The third-order valence-corrected chi connectivity index (χ3v) is 3.47. The molecule has 1 heterocycles. The monoisotopic (exact) mass is 344 g/mol. The summed E-state index contributed by atoms with van der Waals surface area (Å²) in [5.74, 6) is 0.747. The van der Waals surface area contributed by atoms with E-state index in [4.69, 9.17) is 11.6 Å². The van der Waals surface area contributed by atoms with Crippen LogP contribution in [0.4, 0.5) is 30.6 Å². The van der Waals surface area contributed by atoms with Crippen LogP contribution in [0.5, 0.6) is 0 Å². The van der Waals surface area contributed by atoms with E-state index in [0.717, 1.165) is 6.07 Å². The molecule has 0 aliphatic rings. The highest BCUT2D eigenvalue weighted by Gasteiger charge is 2.34. The first-order chi connectivity index (χ1) is 10.8. The fraction of sp³-hybridized carbons (Fsp3) is 0.333. The molecule has 2 rings (SSSR count). The highest BCUT2D eigenvalue weighted by atomic mass is 35.5. The maximum Gasteiger partial charge on any atom is 0.418 e. The average Bonchev–Trinajstić information content (AvgIpc) is 2.50. The van der Waals surface area contributed by atoms with Crippen LogP contribution in [0.2, 0.25) is 5.02 Å². The lowest BCUT2D eigenvalue weighted by molar-refractivity contribution is -0.136. The van der Waals surface area contributed by atoms with Crippen molar-refractivity contribution in [1.82, 2.24) is 9.97 Å². The largest absolute Gasteiger partial charge is 0.418 e. The first kappa shape index (κ1) is 17.3. The van der Waals surface area contributed by atoms with Gasteiger partial charge in [0.1, 0.15) is 5.82 Å². The van der Waals surface area contributed by atoms with Gasteiger partial charge in [-0.3, -0.25) is 0 Å².